The number of likely N-dealkylation sites (N-methyl/N-ethyl adjacent to an activating group) is 1. The number of amides is 2. The van der Waals surface area contributed by atoms with E-state index in [0.717, 1.165) is 31.7 Å². The molecule has 1 heterocycles. The fourth-order valence-electron chi connectivity index (χ4n) is 3.07. The molecule has 5 nitrogen and oxygen atoms in total. The Bertz CT molecular complexity index is 519. The zero-order valence-electron chi connectivity index (χ0n) is 14.8. The van der Waals surface area contributed by atoms with E-state index in [4.69, 9.17) is 0 Å². The summed E-state index contributed by atoms with van der Waals surface area (Å²) in [4.78, 5) is 28.6. The molecule has 0 saturated carbocycles. The van der Waals surface area contributed by atoms with Crippen LogP contribution in [-0.2, 0) is 16.1 Å². The zero-order chi connectivity index (χ0) is 17.4. The smallest absolute Gasteiger partial charge is 0.227 e. The molecule has 1 aromatic rings. The average Bonchev–Trinajstić information content (AvgIpc) is 2.62. The van der Waals surface area contributed by atoms with E-state index in [1.165, 1.54) is 0 Å². The van der Waals surface area contributed by atoms with E-state index in [0.29, 0.717) is 25.9 Å². The molecule has 1 aromatic carbocycles. The molecule has 5 heteroatoms. The van der Waals surface area contributed by atoms with Crippen molar-refractivity contribution in [3.63, 3.8) is 0 Å². The maximum atomic E-state index is 13.0. The zero-order valence-corrected chi connectivity index (χ0v) is 14.8. The van der Waals surface area contributed by atoms with Crippen molar-refractivity contribution in [2.75, 3.05) is 32.7 Å². The predicted octanol–water partition coefficient (Wildman–Crippen LogP) is 1.88. The molecule has 24 heavy (non-hydrogen) atoms. The maximum absolute atomic E-state index is 13.0. The van der Waals surface area contributed by atoms with Crippen LogP contribution in [0.15, 0.2) is 30.3 Å². The van der Waals surface area contributed by atoms with Crippen LogP contribution in [0.2, 0.25) is 0 Å². The Morgan fingerprint density at radius 3 is 2.46 bits per heavy atom. The molecular formula is C19H29N3O2. The Morgan fingerprint density at radius 1 is 1.17 bits per heavy atom. The van der Waals surface area contributed by atoms with E-state index in [2.05, 4.69) is 36.2 Å². The Labute approximate surface area is 145 Å². The van der Waals surface area contributed by atoms with Crippen molar-refractivity contribution >= 4 is 11.8 Å². The van der Waals surface area contributed by atoms with Crippen LogP contribution in [0.5, 0.6) is 0 Å². The predicted molar refractivity (Wildman–Crippen MR) is 95.4 cm³/mol. The molecular weight excluding hydrogens is 302 g/mol. The quantitative estimate of drug-likeness (QED) is 0.791. The Balaban J connectivity index is 2.03. The summed E-state index contributed by atoms with van der Waals surface area (Å²) in [7, 11) is 0. The SMILES string of the molecule is CCN(CC)CCN(Cc1ccccc1)C(=O)[C@@H]1CCC(=O)NC1. The van der Waals surface area contributed by atoms with Crippen molar-refractivity contribution in [3.8, 4) is 0 Å². The minimum Gasteiger partial charge on any atom is -0.355 e. The monoisotopic (exact) mass is 331 g/mol. The second-order valence-electron chi connectivity index (χ2n) is 6.31. The molecule has 0 unspecified atom stereocenters. The molecule has 0 radical (unpaired) electrons. The van der Waals surface area contributed by atoms with Gasteiger partial charge in [-0.1, -0.05) is 44.2 Å². The van der Waals surface area contributed by atoms with Crippen molar-refractivity contribution in [3.05, 3.63) is 35.9 Å². The summed E-state index contributed by atoms with van der Waals surface area (Å²) in [5, 5.41) is 2.82. The maximum Gasteiger partial charge on any atom is 0.227 e. The van der Waals surface area contributed by atoms with Crippen LogP contribution in [-0.4, -0.2) is 54.3 Å². The van der Waals surface area contributed by atoms with E-state index < -0.39 is 0 Å². The Kier molecular flexibility index (Phi) is 7.25. The molecule has 1 fully saturated rings. The Hall–Kier alpha value is -1.88. The molecule has 1 N–H and O–H groups in total. The fourth-order valence-corrected chi connectivity index (χ4v) is 3.07. The molecule has 0 aliphatic carbocycles. The molecule has 1 atom stereocenters. The summed E-state index contributed by atoms with van der Waals surface area (Å²) in [5.41, 5.74) is 1.14. The van der Waals surface area contributed by atoms with Gasteiger partial charge in [0.25, 0.3) is 0 Å². The molecule has 1 aliphatic rings. The van der Waals surface area contributed by atoms with Gasteiger partial charge >= 0.3 is 0 Å². The van der Waals surface area contributed by atoms with Gasteiger partial charge in [0, 0.05) is 32.6 Å². The lowest BCUT2D eigenvalue weighted by Crippen LogP contribution is -2.46. The highest BCUT2D eigenvalue weighted by Gasteiger charge is 2.28. The second kappa shape index (κ2) is 9.42. The summed E-state index contributed by atoms with van der Waals surface area (Å²) >= 11 is 0. The van der Waals surface area contributed by atoms with Gasteiger partial charge in [-0.05, 0) is 25.1 Å². The molecule has 132 valence electrons. The van der Waals surface area contributed by atoms with Crippen LogP contribution in [0.4, 0.5) is 0 Å². The standard InChI is InChI=1S/C19H29N3O2/c1-3-21(4-2)12-13-22(15-16-8-6-5-7-9-16)19(24)17-10-11-18(23)20-14-17/h5-9,17H,3-4,10-15H2,1-2H3,(H,20,23)/t17-/m1/s1. The molecule has 0 bridgehead atoms. The summed E-state index contributed by atoms with van der Waals surface area (Å²) < 4.78 is 0. The third kappa shape index (κ3) is 5.34. The third-order valence-corrected chi connectivity index (χ3v) is 4.72. The highest BCUT2D eigenvalue weighted by atomic mass is 16.2. The largest absolute Gasteiger partial charge is 0.355 e. The van der Waals surface area contributed by atoms with Gasteiger partial charge < -0.3 is 15.1 Å². The van der Waals surface area contributed by atoms with E-state index in [1.807, 2.05) is 23.1 Å². The van der Waals surface area contributed by atoms with E-state index in [9.17, 15) is 9.59 Å². The summed E-state index contributed by atoms with van der Waals surface area (Å²) in [5.74, 6) is 0.117. The Morgan fingerprint density at radius 2 is 1.88 bits per heavy atom. The molecule has 1 saturated heterocycles. The first-order valence-electron chi connectivity index (χ1n) is 8.95. The van der Waals surface area contributed by atoms with Crippen LogP contribution < -0.4 is 5.32 Å². The lowest BCUT2D eigenvalue weighted by atomic mass is 9.97. The number of nitrogens with zero attached hydrogens (tertiary/aromatic N) is 2. The topological polar surface area (TPSA) is 52.7 Å². The van der Waals surface area contributed by atoms with Gasteiger partial charge in [0.05, 0.1) is 5.92 Å². The van der Waals surface area contributed by atoms with E-state index >= 15 is 0 Å². The van der Waals surface area contributed by atoms with Gasteiger partial charge in [0.2, 0.25) is 11.8 Å². The number of piperidine rings is 1. The van der Waals surface area contributed by atoms with Gasteiger partial charge in [-0.2, -0.15) is 0 Å². The van der Waals surface area contributed by atoms with Crippen molar-refractivity contribution in [2.45, 2.75) is 33.2 Å². The van der Waals surface area contributed by atoms with Gasteiger partial charge in [-0.25, -0.2) is 0 Å². The van der Waals surface area contributed by atoms with Gasteiger partial charge in [-0.3, -0.25) is 9.59 Å². The number of hydrogen-bond donors (Lipinski definition) is 1. The number of nitrogens with one attached hydrogen (secondary N) is 1. The van der Waals surface area contributed by atoms with Crippen molar-refractivity contribution in [1.82, 2.24) is 15.1 Å². The minimum atomic E-state index is -0.0943. The summed E-state index contributed by atoms with van der Waals surface area (Å²) in [6.07, 6.45) is 1.10. The third-order valence-electron chi connectivity index (χ3n) is 4.72. The first-order valence-corrected chi connectivity index (χ1v) is 8.95. The average molecular weight is 331 g/mol. The molecule has 2 amide bonds. The van der Waals surface area contributed by atoms with E-state index in [-0.39, 0.29) is 17.7 Å². The van der Waals surface area contributed by atoms with Crippen molar-refractivity contribution < 1.29 is 9.59 Å². The summed E-state index contributed by atoms with van der Waals surface area (Å²) in [6.45, 7) is 8.96. The lowest BCUT2D eigenvalue weighted by molar-refractivity contribution is -0.138. The number of hydrogen-bond acceptors (Lipinski definition) is 3. The van der Waals surface area contributed by atoms with Gasteiger partial charge in [-0.15, -0.1) is 0 Å². The van der Waals surface area contributed by atoms with Gasteiger partial charge in [0.1, 0.15) is 0 Å². The lowest BCUT2D eigenvalue weighted by Gasteiger charge is -2.31. The highest BCUT2D eigenvalue weighted by Crippen LogP contribution is 2.16. The fraction of sp³-hybridized carbons (Fsp3) is 0.579. The first kappa shape index (κ1) is 18.5. The second-order valence-corrected chi connectivity index (χ2v) is 6.31. The van der Waals surface area contributed by atoms with Crippen LogP contribution in [0.1, 0.15) is 32.3 Å². The molecule has 2 rings (SSSR count). The van der Waals surface area contributed by atoms with Crippen LogP contribution in [0, 0.1) is 5.92 Å². The van der Waals surface area contributed by atoms with Gasteiger partial charge in [0.15, 0.2) is 0 Å². The van der Waals surface area contributed by atoms with E-state index in [1.54, 1.807) is 0 Å². The van der Waals surface area contributed by atoms with Crippen LogP contribution in [0.3, 0.4) is 0 Å². The summed E-state index contributed by atoms with van der Waals surface area (Å²) in [6, 6.07) is 10.1. The number of carbonyl (C=O) groups is 2. The van der Waals surface area contributed by atoms with Crippen molar-refractivity contribution in [2.24, 2.45) is 5.92 Å². The van der Waals surface area contributed by atoms with Crippen LogP contribution in [0.25, 0.3) is 0 Å². The molecule has 1 aliphatic heterocycles. The first-order chi connectivity index (χ1) is 11.6. The number of carbonyl (C=O) groups excluding carboxylic acids is 2. The number of rotatable bonds is 8. The molecule has 0 aromatic heterocycles. The normalized spacial score (nSPS) is 17.6. The molecule has 0 spiro atoms. The minimum absolute atomic E-state index is 0.0526. The van der Waals surface area contributed by atoms with Crippen molar-refractivity contribution in [1.29, 1.82) is 0 Å². The highest BCUT2D eigenvalue weighted by molar-refractivity contribution is 5.83. The number of benzene rings is 1. The van der Waals surface area contributed by atoms with Crippen LogP contribution >= 0.6 is 0 Å².